The van der Waals surface area contributed by atoms with Crippen molar-refractivity contribution in [1.82, 2.24) is 0 Å². The van der Waals surface area contributed by atoms with Crippen LogP contribution in [0.25, 0.3) is 0 Å². The second kappa shape index (κ2) is 8.11. The standard InChI is InChI=1S/C15H21NO6/c1-5-22-15(19)16(10(2)8-14(17)18)11-6-7-12(20-3)13(9-11)21-4/h6-7,9-10H,5,8H2,1-4H3,(H,17,18). The van der Waals surface area contributed by atoms with Crippen molar-refractivity contribution in [3.63, 3.8) is 0 Å². The van der Waals surface area contributed by atoms with E-state index >= 15 is 0 Å². The Labute approximate surface area is 129 Å². The largest absolute Gasteiger partial charge is 0.493 e. The number of hydrogen-bond acceptors (Lipinski definition) is 5. The van der Waals surface area contributed by atoms with Gasteiger partial charge in [0.2, 0.25) is 0 Å². The van der Waals surface area contributed by atoms with Gasteiger partial charge in [-0.15, -0.1) is 0 Å². The van der Waals surface area contributed by atoms with E-state index in [4.69, 9.17) is 19.3 Å². The van der Waals surface area contributed by atoms with E-state index in [0.29, 0.717) is 17.2 Å². The monoisotopic (exact) mass is 311 g/mol. The molecule has 1 rings (SSSR count). The van der Waals surface area contributed by atoms with Gasteiger partial charge in [-0.3, -0.25) is 9.69 Å². The summed E-state index contributed by atoms with van der Waals surface area (Å²) in [5.74, 6) is -0.0416. The van der Waals surface area contributed by atoms with Gasteiger partial charge in [-0.1, -0.05) is 0 Å². The van der Waals surface area contributed by atoms with Crippen molar-refractivity contribution < 1.29 is 28.9 Å². The maximum Gasteiger partial charge on any atom is 0.414 e. The normalized spacial score (nSPS) is 11.5. The number of nitrogens with zero attached hydrogens (tertiary/aromatic N) is 1. The molecule has 0 bridgehead atoms. The molecule has 1 unspecified atom stereocenters. The van der Waals surface area contributed by atoms with Gasteiger partial charge < -0.3 is 19.3 Å². The summed E-state index contributed by atoms with van der Waals surface area (Å²) in [4.78, 5) is 24.4. The van der Waals surface area contributed by atoms with Crippen molar-refractivity contribution >= 4 is 17.7 Å². The summed E-state index contributed by atoms with van der Waals surface area (Å²) in [7, 11) is 2.99. The number of anilines is 1. The van der Waals surface area contributed by atoms with Crippen LogP contribution in [0, 0.1) is 0 Å². The topological polar surface area (TPSA) is 85.3 Å². The number of carbonyl (C=O) groups is 2. The molecule has 0 aliphatic heterocycles. The van der Waals surface area contributed by atoms with Gasteiger partial charge in [0.25, 0.3) is 0 Å². The molecule has 0 fully saturated rings. The molecule has 122 valence electrons. The van der Waals surface area contributed by atoms with Crippen LogP contribution in [0.4, 0.5) is 10.5 Å². The predicted octanol–water partition coefficient (Wildman–Crippen LogP) is 2.53. The molecule has 0 saturated heterocycles. The molecule has 0 heterocycles. The minimum absolute atomic E-state index is 0.197. The summed E-state index contributed by atoms with van der Waals surface area (Å²) in [6, 6.07) is 4.33. The van der Waals surface area contributed by atoms with Gasteiger partial charge in [0.1, 0.15) is 0 Å². The van der Waals surface area contributed by atoms with Crippen LogP contribution in [0.15, 0.2) is 18.2 Å². The van der Waals surface area contributed by atoms with Gasteiger partial charge in [0.05, 0.1) is 32.9 Å². The quantitative estimate of drug-likeness (QED) is 0.833. The zero-order valence-corrected chi connectivity index (χ0v) is 13.2. The summed E-state index contributed by atoms with van der Waals surface area (Å²) < 4.78 is 15.4. The first-order valence-electron chi connectivity index (χ1n) is 6.84. The molecule has 1 aromatic rings. The number of benzene rings is 1. The number of aliphatic carboxylic acids is 1. The summed E-state index contributed by atoms with van der Waals surface area (Å²) in [6.07, 6.45) is -0.809. The Morgan fingerprint density at radius 1 is 1.23 bits per heavy atom. The molecule has 1 N–H and O–H groups in total. The lowest BCUT2D eigenvalue weighted by Crippen LogP contribution is -2.40. The van der Waals surface area contributed by atoms with Crippen LogP contribution in [-0.2, 0) is 9.53 Å². The van der Waals surface area contributed by atoms with Gasteiger partial charge in [-0.2, -0.15) is 0 Å². The van der Waals surface area contributed by atoms with Gasteiger partial charge >= 0.3 is 12.1 Å². The first-order chi connectivity index (χ1) is 10.4. The van der Waals surface area contributed by atoms with Gasteiger partial charge in [0, 0.05) is 12.1 Å². The van der Waals surface area contributed by atoms with E-state index in [1.54, 1.807) is 32.0 Å². The summed E-state index contributed by atoms with van der Waals surface area (Å²) in [5.41, 5.74) is 0.477. The number of ether oxygens (including phenoxy) is 3. The predicted molar refractivity (Wildman–Crippen MR) is 80.8 cm³/mol. The highest BCUT2D eigenvalue weighted by molar-refractivity contribution is 5.89. The molecule has 7 nitrogen and oxygen atoms in total. The third-order valence-corrected chi connectivity index (χ3v) is 3.02. The number of rotatable bonds is 7. The fraction of sp³-hybridized carbons (Fsp3) is 0.467. The summed E-state index contributed by atoms with van der Waals surface area (Å²) in [5, 5.41) is 8.95. The number of carboxylic acids is 1. The summed E-state index contributed by atoms with van der Waals surface area (Å²) >= 11 is 0. The maximum atomic E-state index is 12.2. The van der Waals surface area contributed by atoms with Crippen molar-refractivity contribution in [2.24, 2.45) is 0 Å². The molecule has 1 aromatic carbocycles. The smallest absolute Gasteiger partial charge is 0.414 e. The molecule has 1 amide bonds. The first kappa shape index (κ1) is 17.6. The van der Waals surface area contributed by atoms with E-state index in [1.165, 1.54) is 19.1 Å². The van der Waals surface area contributed by atoms with E-state index in [-0.39, 0.29) is 13.0 Å². The average Bonchev–Trinajstić information content (AvgIpc) is 2.46. The van der Waals surface area contributed by atoms with Crippen LogP contribution < -0.4 is 14.4 Å². The van der Waals surface area contributed by atoms with Crippen molar-refractivity contribution in [2.75, 3.05) is 25.7 Å². The molecule has 0 aromatic heterocycles. The van der Waals surface area contributed by atoms with Crippen LogP contribution in [0.3, 0.4) is 0 Å². The lowest BCUT2D eigenvalue weighted by atomic mass is 10.1. The minimum atomic E-state index is -0.998. The molecule has 1 atom stereocenters. The number of amides is 1. The minimum Gasteiger partial charge on any atom is -0.493 e. The Bertz CT molecular complexity index is 531. The van der Waals surface area contributed by atoms with E-state index in [1.807, 2.05) is 0 Å². The van der Waals surface area contributed by atoms with E-state index in [9.17, 15) is 9.59 Å². The van der Waals surface area contributed by atoms with E-state index in [2.05, 4.69) is 0 Å². The van der Waals surface area contributed by atoms with Gasteiger partial charge in [-0.25, -0.2) is 4.79 Å². The Morgan fingerprint density at radius 2 is 1.86 bits per heavy atom. The fourth-order valence-corrected chi connectivity index (χ4v) is 2.05. The molecular formula is C15H21NO6. The zero-order chi connectivity index (χ0) is 16.7. The van der Waals surface area contributed by atoms with Crippen LogP contribution in [0.5, 0.6) is 11.5 Å². The highest BCUT2D eigenvalue weighted by Gasteiger charge is 2.26. The Hall–Kier alpha value is -2.44. The fourth-order valence-electron chi connectivity index (χ4n) is 2.05. The number of carbonyl (C=O) groups excluding carboxylic acids is 1. The SMILES string of the molecule is CCOC(=O)N(c1ccc(OC)c(OC)c1)C(C)CC(=O)O. The van der Waals surface area contributed by atoms with Crippen LogP contribution >= 0.6 is 0 Å². The second-order valence-electron chi connectivity index (χ2n) is 4.56. The number of hydrogen-bond donors (Lipinski definition) is 1. The van der Waals surface area contributed by atoms with E-state index < -0.39 is 18.1 Å². The molecule has 0 aliphatic carbocycles. The molecular weight excluding hydrogens is 290 g/mol. The van der Waals surface area contributed by atoms with Crippen molar-refractivity contribution in [1.29, 1.82) is 0 Å². The molecule has 0 saturated carbocycles. The van der Waals surface area contributed by atoms with Gasteiger partial charge in [-0.05, 0) is 26.0 Å². The number of carboxylic acid groups (broad SMARTS) is 1. The zero-order valence-electron chi connectivity index (χ0n) is 13.2. The lowest BCUT2D eigenvalue weighted by molar-refractivity contribution is -0.137. The van der Waals surface area contributed by atoms with Gasteiger partial charge in [0.15, 0.2) is 11.5 Å². The molecule has 22 heavy (non-hydrogen) atoms. The molecule has 7 heteroatoms. The van der Waals surface area contributed by atoms with Crippen molar-refractivity contribution in [3.05, 3.63) is 18.2 Å². The van der Waals surface area contributed by atoms with Crippen molar-refractivity contribution in [3.8, 4) is 11.5 Å². The Morgan fingerprint density at radius 3 is 2.36 bits per heavy atom. The molecule has 0 aliphatic rings. The van der Waals surface area contributed by atoms with Crippen LogP contribution in [-0.4, -0.2) is 44.0 Å². The molecule has 0 spiro atoms. The highest BCUT2D eigenvalue weighted by atomic mass is 16.6. The average molecular weight is 311 g/mol. The van der Waals surface area contributed by atoms with Crippen molar-refractivity contribution in [2.45, 2.75) is 26.3 Å². The third-order valence-electron chi connectivity index (χ3n) is 3.02. The Kier molecular flexibility index (Phi) is 6.49. The third kappa shape index (κ3) is 4.28. The highest BCUT2D eigenvalue weighted by Crippen LogP contribution is 2.32. The number of methoxy groups -OCH3 is 2. The maximum absolute atomic E-state index is 12.2. The lowest BCUT2D eigenvalue weighted by Gasteiger charge is -2.28. The Balaban J connectivity index is 3.20. The van der Waals surface area contributed by atoms with E-state index in [0.717, 1.165) is 0 Å². The van der Waals surface area contributed by atoms with Crippen LogP contribution in [0.2, 0.25) is 0 Å². The first-order valence-corrected chi connectivity index (χ1v) is 6.84. The second-order valence-corrected chi connectivity index (χ2v) is 4.56. The summed E-state index contributed by atoms with van der Waals surface area (Å²) in [6.45, 7) is 3.52. The van der Waals surface area contributed by atoms with Crippen LogP contribution in [0.1, 0.15) is 20.3 Å². The molecule has 0 radical (unpaired) electrons.